The SMILES string of the molecule is COc1cccc2oc(C3NCCc4ccccc43)nc12. The fourth-order valence-corrected chi connectivity index (χ4v) is 2.95. The minimum Gasteiger partial charge on any atom is -0.494 e. The molecule has 0 bridgehead atoms. The molecule has 0 aliphatic carbocycles. The summed E-state index contributed by atoms with van der Waals surface area (Å²) in [6.45, 7) is 0.928. The van der Waals surface area contributed by atoms with Crippen molar-refractivity contribution in [3.8, 4) is 5.75 Å². The van der Waals surface area contributed by atoms with Crippen molar-refractivity contribution in [1.82, 2.24) is 10.3 Å². The molecule has 4 nitrogen and oxygen atoms in total. The molecule has 1 aliphatic heterocycles. The molecular formula is C17H16N2O2. The maximum atomic E-state index is 5.95. The first kappa shape index (κ1) is 12.4. The minimum absolute atomic E-state index is 0.00653. The Balaban J connectivity index is 1.84. The topological polar surface area (TPSA) is 47.3 Å². The highest BCUT2D eigenvalue weighted by atomic mass is 16.5. The van der Waals surface area contributed by atoms with E-state index in [2.05, 4.69) is 34.6 Å². The molecular weight excluding hydrogens is 264 g/mol. The number of oxazole rings is 1. The number of nitrogens with zero attached hydrogens (tertiary/aromatic N) is 1. The number of hydrogen-bond acceptors (Lipinski definition) is 4. The smallest absolute Gasteiger partial charge is 0.217 e. The maximum Gasteiger partial charge on any atom is 0.217 e. The zero-order valence-corrected chi connectivity index (χ0v) is 11.8. The van der Waals surface area contributed by atoms with Gasteiger partial charge < -0.3 is 14.5 Å². The number of rotatable bonds is 2. The largest absolute Gasteiger partial charge is 0.494 e. The van der Waals surface area contributed by atoms with Crippen LogP contribution in [0.4, 0.5) is 0 Å². The van der Waals surface area contributed by atoms with Crippen LogP contribution < -0.4 is 10.1 Å². The average Bonchev–Trinajstić information content (AvgIpc) is 2.98. The Morgan fingerprint density at radius 2 is 2.10 bits per heavy atom. The second kappa shape index (κ2) is 4.90. The van der Waals surface area contributed by atoms with Gasteiger partial charge in [0.05, 0.1) is 7.11 Å². The van der Waals surface area contributed by atoms with Gasteiger partial charge in [-0.05, 0) is 29.7 Å². The highest BCUT2D eigenvalue weighted by molar-refractivity contribution is 5.79. The zero-order valence-electron chi connectivity index (χ0n) is 11.8. The summed E-state index contributed by atoms with van der Waals surface area (Å²) >= 11 is 0. The molecule has 21 heavy (non-hydrogen) atoms. The number of hydrogen-bond donors (Lipinski definition) is 1. The summed E-state index contributed by atoms with van der Waals surface area (Å²) in [4.78, 5) is 4.65. The molecule has 0 radical (unpaired) electrons. The van der Waals surface area contributed by atoms with Gasteiger partial charge in [0.25, 0.3) is 0 Å². The molecule has 1 aromatic heterocycles. The lowest BCUT2D eigenvalue weighted by molar-refractivity contribution is 0.419. The summed E-state index contributed by atoms with van der Waals surface area (Å²) in [7, 11) is 1.65. The van der Waals surface area contributed by atoms with Crippen molar-refractivity contribution in [1.29, 1.82) is 0 Å². The van der Waals surface area contributed by atoms with Crippen molar-refractivity contribution >= 4 is 11.1 Å². The van der Waals surface area contributed by atoms with E-state index in [1.54, 1.807) is 7.11 Å². The summed E-state index contributed by atoms with van der Waals surface area (Å²) in [6.07, 6.45) is 1.04. The molecule has 2 heterocycles. The van der Waals surface area contributed by atoms with Crippen molar-refractivity contribution in [2.24, 2.45) is 0 Å². The Morgan fingerprint density at radius 3 is 3.00 bits per heavy atom. The standard InChI is InChI=1S/C17H16N2O2/c1-20-13-7-4-8-14-16(13)19-17(21-14)15-12-6-3-2-5-11(12)9-10-18-15/h2-8,15,18H,9-10H2,1H3. The molecule has 0 amide bonds. The van der Waals surface area contributed by atoms with Gasteiger partial charge in [0.1, 0.15) is 11.8 Å². The van der Waals surface area contributed by atoms with Crippen LogP contribution in [0.25, 0.3) is 11.1 Å². The van der Waals surface area contributed by atoms with Gasteiger partial charge in [0.2, 0.25) is 5.89 Å². The van der Waals surface area contributed by atoms with Crippen molar-refractivity contribution < 1.29 is 9.15 Å². The fourth-order valence-electron chi connectivity index (χ4n) is 2.95. The van der Waals surface area contributed by atoms with Crippen LogP contribution in [-0.2, 0) is 6.42 Å². The van der Waals surface area contributed by atoms with E-state index in [1.165, 1.54) is 11.1 Å². The minimum atomic E-state index is 0.00653. The average molecular weight is 280 g/mol. The second-order valence-corrected chi connectivity index (χ2v) is 5.20. The Hall–Kier alpha value is -2.33. The monoisotopic (exact) mass is 280 g/mol. The lowest BCUT2D eigenvalue weighted by atomic mass is 9.94. The highest BCUT2D eigenvalue weighted by Gasteiger charge is 2.25. The zero-order chi connectivity index (χ0) is 14.2. The van der Waals surface area contributed by atoms with E-state index < -0.39 is 0 Å². The van der Waals surface area contributed by atoms with Crippen LogP contribution in [0.2, 0.25) is 0 Å². The molecule has 0 saturated heterocycles. The van der Waals surface area contributed by atoms with Gasteiger partial charge in [-0.3, -0.25) is 0 Å². The van der Waals surface area contributed by atoms with Gasteiger partial charge in [-0.15, -0.1) is 0 Å². The van der Waals surface area contributed by atoms with E-state index in [-0.39, 0.29) is 6.04 Å². The van der Waals surface area contributed by atoms with Crippen LogP contribution >= 0.6 is 0 Å². The van der Waals surface area contributed by atoms with Crippen LogP contribution in [0.15, 0.2) is 46.9 Å². The quantitative estimate of drug-likeness (QED) is 0.783. The van der Waals surface area contributed by atoms with Gasteiger partial charge in [0.15, 0.2) is 11.1 Å². The van der Waals surface area contributed by atoms with Gasteiger partial charge in [-0.2, -0.15) is 0 Å². The van der Waals surface area contributed by atoms with Gasteiger partial charge in [-0.25, -0.2) is 4.98 Å². The van der Waals surface area contributed by atoms with Crippen molar-refractivity contribution in [3.63, 3.8) is 0 Å². The Bertz CT molecular complexity index is 794. The molecule has 0 fully saturated rings. The molecule has 0 spiro atoms. The summed E-state index contributed by atoms with van der Waals surface area (Å²) in [5.74, 6) is 1.44. The van der Waals surface area contributed by atoms with E-state index in [9.17, 15) is 0 Å². The molecule has 1 aliphatic rings. The van der Waals surface area contributed by atoms with Crippen molar-refractivity contribution in [3.05, 3.63) is 59.5 Å². The number of aromatic nitrogens is 1. The van der Waals surface area contributed by atoms with Gasteiger partial charge in [-0.1, -0.05) is 30.3 Å². The van der Waals surface area contributed by atoms with Crippen molar-refractivity contribution in [2.45, 2.75) is 12.5 Å². The van der Waals surface area contributed by atoms with E-state index in [0.29, 0.717) is 5.89 Å². The first-order valence-electron chi connectivity index (χ1n) is 7.11. The third-order valence-electron chi connectivity index (χ3n) is 3.97. The van der Waals surface area contributed by atoms with E-state index in [1.807, 2.05) is 18.2 Å². The van der Waals surface area contributed by atoms with Crippen LogP contribution in [0.5, 0.6) is 5.75 Å². The molecule has 106 valence electrons. The second-order valence-electron chi connectivity index (χ2n) is 5.20. The molecule has 1 unspecified atom stereocenters. The van der Waals surface area contributed by atoms with Crippen LogP contribution in [0, 0.1) is 0 Å². The number of benzene rings is 2. The Labute approximate surface area is 122 Å². The first-order valence-corrected chi connectivity index (χ1v) is 7.11. The van der Waals surface area contributed by atoms with Gasteiger partial charge in [0, 0.05) is 6.54 Å². The predicted molar refractivity (Wildman–Crippen MR) is 80.6 cm³/mol. The molecule has 3 aromatic rings. The van der Waals surface area contributed by atoms with E-state index in [0.717, 1.165) is 29.8 Å². The number of fused-ring (bicyclic) bond motifs is 2. The Kier molecular flexibility index (Phi) is 2.89. The van der Waals surface area contributed by atoms with Crippen LogP contribution in [0.3, 0.4) is 0 Å². The normalized spacial score (nSPS) is 17.7. The highest BCUT2D eigenvalue weighted by Crippen LogP contribution is 2.32. The number of nitrogens with one attached hydrogen (secondary N) is 1. The lowest BCUT2D eigenvalue weighted by Gasteiger charge is -2.24. The molecule has 4 heteroatoms. The predicted octanol–water partition coefficient (Wildman–Crippen LogP) is 3.07. The van der Waals surface area contributed by atoms with Crippen LogP contribution in [0.1, 0.15) is 23.1 Å². The Morgan fingerprint density at radius 1 is 1.19 bits per heavy atom. The molecule has 2 aromatic carbocycles. The summed E-state index contributed by atoms with van der Waals surface area (Å²) < 4.78 is 11.3. The number of para-hydroxylation sites is 1. The van der Waals surface area contributed by atoms with E-state index in [4.69, 9.17) is 9.15 Å². The maximum absolute atomic E-state index is 5.95. The third kappa shape index (κ3) is 1.99. The first-order chi connectivity index (χ1) is 10.4. The number of ether oxygens (including phenoxy) is 1. The molecule has 4 rings (SSSR count). The molecule has 0 saturated carbocycles. The van der Waals surface area contributed by atoms with E-state index >= 15 is 0 Å². The van der Waals surface area contributed by atoms with Crippen molar-refractivity contribution in [2.75, 3.05) is 13.7 Å². The summed E-state index contributed by atoms with van der Waals surface area (Å²) in [6, 6.07) is 14.2. The molecule has 1 N–H and O–H groups in total. The van der Waals surface area contributed by atoms with Gasteiger partial charge >= 0.3 is 0 Å². The fraction of sp³-hybridized carbons (Fsp3) is 0.235. The summed E-state index contributed by atoms with van der Waals surface area (Å²) in [5.41, 5.74) is 4.14. The molecule has 1 atom stereocenters. The third-order valence-corrected chi connectivity index (χ3v) is 3.97. The lowest BCUT2D eigenvalue weighted by Crippen LogP contribution is -2.30. The summed E-state index contributed by atoms with van der Waals surface area (Å²) in [5, 5.41) is 3.49. The van der Waals surface area contributed by atoms with Crippen LogP contribution in [-0.4, -0.2) is 18.6 Å². The number of methoxy groups -OCH3 is 1.